The Labute approximate surface area is 85.0 Å². The Bertz CT molecular complexity index is 267. The lowest BCUT2D eigenvalue weighted by Crippen LogP contribution is -1.95. The summed E-state index contributed by atoms with van der Waals surface area (Å²) in [4.78, 5) is 0. The van der Waals surface area contributed by atoms with E-state index in [9.17, 15) is 8.78 Å². The van der Waals surface area contributed by atoms with E-state index in [2.05, 4.69) is 0 Å². The number of hydrogen-bond donors (Lipinski definition) is 0. The lowest BCUT2D eigenvalue weighted by Gasteiger charge is -2.04. The second kappa shape index (κ2) is 6.52. The fourth-order valence-corrected chi connectivity index (χ4v) is 1.14. The average molecular weight is 200 g/mol. The second-order valence-corrected chi connectivity index (χ2v) is 3.35. The van der Waals surface area contributed by atoms with E-state index in [0.29, 0.717) is 5.92 Å². The maximum atomic E-state index is 12.7. The molecule has 0 fully saturated rings. The third kappa shape index (κ3) is 4.35. The van der Waals surface area contributed by atoms with Gasteiger partial charge in [0, 0.05) is 0 Å². The smallest absolute Gasteiger partial charge is 0.159 e. The minimum absolute atomic E-state index is 0.467. The van der Waals surface area contributed by atoms with E-state index in [1.807, 2.05) is 27.7 Å². The zero-order chi connectivity index (χ0) is 11.1. The molecule has 1 aromatic rings. The maximum absolute atomic E-state index is 12.7. The molecule has 0 amide bonds. The molecule has 0 saturated carbocycles. The third-order valence-electron chi connectivity index (χ3n) is 1.63. The van der Waals surface area contributed by atoms with Crippen molar-refractivity contribution in [3.8, 4) is 0 Å². The third-order valence-corrected chi connectivity index (χ3v) is 1.63. The van der Waals surface area contributed by atoms with Crippen molar-refractivity contribution in [1.29, 1.82) is 0 Å². The molecule has 1 aromatic carbocycles. The Morgan fingerprint density at radius 1 is 1.07 bits per heavy atom. The van der Waals surface area contributed by atoms with Gasteiger partial charge < -0.3 is 0 Å². The van der Waals surface area contributed by atoms with Crippen molar-refractivity contribution < 1.29 is 8.78 Å². The Balaban J connectivity index is 0.000000791. The molecule has 0 atom stereocenters. The van der Waals surface area contributed by atoms with Crippen LogP contribution in [0.5, 0.6) is 0 Å². The zero-order valence-electron chi connectivity index (χ0n) is 9.27. The van der Waals surface area contributed by atoms with Gasteiger partial charge in [0.1, 0.15) is 0 Å². The summed E-state index contributed by atoms with van der Waals surface area (Å²) in [6.07, 6.45) is 0.789. The van der Waals surface area contributed by atoms with Crippen LogP contribution in [0.3, 0.4) is 0 Å². The Kier molecular flexibility index (Phi) is 6.09. The molecular weight excluding hydrogens is 182 g/mol. The minimum Gasteiger partial charge on any atom is -0.204 e. The zero-order valence-corrected chi connectivity index (χ0v) is 9.27. The van der Waals surface area contributed by atoms with E-state index in [1.165, 1.54) is 12.1 Å². The van der Waals surface area contributed by atoms with E-state index in [0.717, 1.165) is 12.0 Å². The van der Waals surface area contributed by atoms with Gasteiger partial charge in [-0.1, -0.05) is 33.8 Å². The van der Waals surface area contributed by atoms with Crippen molar-refractivity contribution in [3.63, 3.8) is 0 Å². The lowest BCUT2D eigenvalue weighted by atomic mass is 10.0. The van der Waals surface area contributed by atoms with Crippen LogP contribution >= 0.6 is 0 Å². The highest BCUT2D eigenvalue weighted by atomic mass is 19.2. The van der Waals surface area contributed by atoms with Gasteiger partial charge >= 0.3 is 0 Å². The molecule has 0 saturated heterocycles. The molecule has 0 heterocycles. The summed E-state index contributed by atoms with van der Waals surface area (Å²) < 4.78 is 25.1. The summed E-state index contributed by atoms with van der Waals surface area (Å²) in [5, 5.41) is 0. The van der Waals surface area contributed by atoms with E-state index in [4.69, 9.17) is 0 Å². The number of benzene rings is 1. The fourth-order valence-electron chi connectivity index (χ4n) is 1.14. The van der Waals surface area contributed by atoms with E-state index >= 15 is 0 Å². The summed E-state index contributed by atoms with van der Waals surface area (Å²) in [7, 11) is 0. The summed E-state index contributed by atoms with van der Waals surface area (Å²) >= 11 is 0. The Morgan fingerprint density at radius 3 is 2.07 bits per heavy atom. The Hall–Kier alpha value is -0.920. The van der Waals surface area contributed by atoms with Gasteiger partial charge in [-0.25, -0.2) is 8.78 Å². The predicted molar refractivity (Wildman–Crippen MR) is 56.2 cm³/mol. The number of rotatable bonds is 2. The van der Waals surface area contributed by atoms with Crippen LogP contribution in [0.4, 0.5) is 8.78 Å². The second-order valence-electron chi connectivity index (χ2n) is 3.35. The monoisotopic (exact) mass is 200 g/mol. The molecule has 14 heavy (non-hydrogen) atoms. The van der Waals surface area contributed by atoms with E-state index in [1.54, 1.807) is 6.07 Å². The molecule has 80 valence electrons. The molecule has 1 rings (SSSR count). The first-order valence-electron chi connectivity index (χ1n) is 5.03. The van der Waals surface area contributed by atoms with Crippen molar-refractivity contribution in [2.45, 2.75) is 34.1 Å². The molecule has 0 N–H and O–H groups in total. The van der Waals surface area contributed by atoms with Crippen molar-refractivity contribution in [2.24, 2.45) is 5.92 Å². The SMILES string of the molecule is CC.CC(C)Cc1ccc(F)c(F)c1. The van der Waals surface area contributed by atoms with Crippen molar-refractivity contribution in [1.82, 2.24) is 0 Å². The standard InChI is InChI=1S/C10H12F2.C2H6/c1-7(2)5-8-3-4-9(11)10(12)6-8;1-2/h3-4,6-7H,5H2,1-2H3;1-2H3. The summed E-state index contributed by atoms with van der Waals surface area (Å²) in [5.74, 6) is -1.06. The molecule has 0 aliphatic rings. The highest BCUT2D eigenvalue weighted by Crippen LogP contribution is 2.12. The lowest BCUT2D eigenvalue weighted by molar-refractivity contribution is 0.505. The van der Waals surface area contributed by atoms with Crippen LogP contribution in [-0.4, -0.2) is 0 Å². The first-order chi connectivity index (χ1) is 6.59. The molecule has 0 aliphatic carbocycles. The maximum Gasteiger partial charge on any atom is 0.159 e. The van der Waals surface area contributed by atoms with Crippen LogP contribution < -0.4 is 0 Å². The largest absolute Gasteiger partial charge is 0.204 e. The first kappa shape index (κ1) is 13.1. The number of halogens is 2. The molecular formula is C12H18F2. The molecule has 0 bridgehead atoms. The van der Waals surface area contributed by atoms with Crippen LogP contribution in [-0.2, 0) is 6.42 Å². The van der Waals surface area contributed by atoms with Gasteiger partial charge in [-0.2, -0.15) is 0 Å². The van der Waals surface area contributed by atoms with Gasteiger partial charge in [-0.15, -0.1) is 0 Å². The van der Waals surface area contributed by atoms with Crippen LogP contribution in [0.1, 0.15) is 33.3 Å². The molecule has 0 unspecified atom stereocenters. The molecule has 0 spiro atoms. The quantitative estimate of drug-likeness (QED) is 0.671. The van der Waals surface area contributed by atoms with Gasteiger partial charge in [-0.05, 0) is 30.0 Å². The topological polar surface area (TPSA) is 0 Å². The minimum atomic E-state index is -0.775. The van der Waals surface area contributed by atoms with Gasteiger partial charge in [-0.3, -0.25) is 0 Å². The summed E-state index contributed by atoms with van der Waals surface area (Å²) in [5.41, 5.74) is 0.851. The van der Waals surface area contributed by atoms with Crippen LogP contribution in [0.2, 0.25) is 0 Å². The predicted octanol–water partition coefficient (Wildman–Crippen LogP) is 4.19. The molecule has 0 aromatic heterocycles. The average Bonchev–Trinajstić information content (AvgIpc) is 2.14. The van der Waals surface area contributed by atoms with Gasteiger partial charge in [0.15, 0.2) is 11.6 Å². The Morgan fingerprint density at radius 2 is 1.64 bits per heavy atom. The summed E-state index contributed by atoms with van der Waals surface area (Å²) in [6, 6.07) is 4.06. The van der Waals surface area contributed by atoms with Gasteiger partial charge in [0.2, 0.25) is 0 Å². The highest BCUT2D eigenvalue weighted by molar-refractivity contribution is 5.18. The van der Waals surface area contributed by atoms with E-state index in [-0.39, 0.29) is 0 Å². The molecule has 0 nitrogen and oxygen atoms in total. The van der Waals surface area contributed by atoms with Crippen LogP contribution in [0.25, 0.3) is 0 Å². The van der Waals surface area contributed by atoms with Crippen molar-refractivity contribution in [2.75, 3.05) is 0 Å². The van der Waals surface area contributed by atoms with Gasteiger partial charge in [0.05, 0.1) is 0 Å². The normalized spacial score (nSPS) is 9.64. The van der Waals surface area contributed by atoms with Crippen molar-refractivity contribution >= 4 is 0 Å². The van der Waals surface area contributed by atoms with Crippen molar-refractivity contribution in [3.05, 3.63) is 35.4 Å². The van der Waals surface area contributed by atoms with Crippen LogP contribution in [0, 0.1) is 17.6 Å². The molecule has 0 aliphatic heterocycles. The highest BCUT2D eigenvalue weighted by Gasteiger charge is 2.03. The fraction of sp³-hybridized carbons (Fsp3) is 0.500. The molecule has 2 heteroatoms. The van der Waals surface area contributed by atoms with E-state index < -0.39 is 11.6 Å². The van der Waals surface area contributed by atoms with Gasteiger partial charge in [0.25, 0.3) is 0 Å². The first-order valence-corrected chi connectivity index (χ1v) is 5.03. The molecule has 0 radical (unpaired) electrons. The summed E-state index contributed by atoms with van der Waals surface area (Å²) in [6.45, 7) is 8.09. The van der Waals surface area contributed by atoms with Crippen LogP contribution in [0.15, 0.2) is 18.2 Å². The number of hydrogen-bond acceptors (Lipinski definition) is 0.